The van der Waals surface area contributed by atoms with Crippen LogP contribution < -0.4 is 5.32 Å². The minimum Gasteiger partial charge on any atom is -0.352 e. The van der Waals surface area contributed by atoms with E-state index in [-0.39, 0.29) is 5.56 Å². The fraction of sp³-hybridized carbons (Fsp3) is 0.300. The van der Waals surface area contributed by atoms with E-state index in [2.05, 4.69) is 5.32 Å². The lowest BCUT2D eigenvalue weighted by molar-refractivity contribution is -0.132. The number of amides is 1. The van der Waals surface area contributed by atoms with Crippen LogP contribution in [-0.2, 0) is 0 Å². The molecule has 1 amide bonds. The number of benzene rings is 1. The van der Waals surface area contributed by atoms with E-state index in [0.717, 1.165) is 3.57 Å². The van der Waals surface area contributed by atoms with Crippen LogP contribution in [0.3, 0.4) is 0 Å². The third kappa shape index (κ3) is 5.12. The van der Waals surface area contributed by atoms with Crippen LogP contribution in [0.25, 0.3) is 0 Å². The number of carbonyl (C=O) groups is 1. The molecule has 0 aromatic heterocycles. The first-order chi connectivity index (χ1) is 7.79. The summed E-state index contributed by atoms with van der Waals surface area (Å²) < 4.78 is 36.3. The van der Waals surface area contributed by atoms with E-state index < -0.39 is 25.0 Å². The Kier molecular flexibility index (Phi) is 5.05. The van der Waals surface area contributed by atoms with Gasteiger partial charge >= 0.3 is 6.18 Å². The SMILES string of the molecule is O=C(NCCC(F)(F)F)c1ccc(I)c(Cl)c1. The average molecular weight is 378 g/mol. The first-order valence-electron chi connectivity index (χ1n) is 4.59. The summed E-state index contributed by atoms with van der Waals surface area (Å²) in [5.74, 6) is -0.562. The lowest BCUT2D eigenvalue weighted by Gasteiger charge is -2.08. The molecule has 2 nitrogen and oxygen atoms in total. The normalized spacial score (nSPS) is 11.4. The molecule has 1 aromatic rings. The van der Waals surface area contributed by atoms with Gasteiger partial charge in [0.05, 0.1) is 11.4 Å². The maximum Gasteiger partial charge on any atom is 0.390 e. The Morgan fingerprint density at radius 3 is 2.59 bits per heavy atom. The van der Waals surface area contributed by atoms with Crippen LogP contribution in [0.15, 0.2) is 18.2 Å². The van der Waals surface area contributed by atoms with E-state index in [1.807, 2.05) is 22.6 Å². The molecule has 0 atom stereocenters. The molecule has 0 aliphatic rings. The van der Waals surface area contributed by atoms with Crippen LogP contribution in [0.4, 0.5) is 13.2 Å². The second kappa shape index (κ2) is 5.90. The van der Waals surface area contributed by atoms with Crippen LogP contribution >= 0.6 is 34.2 Å². The van der Waals surface area contributed by atoms with Gasteiger partial charge < -0.3 is 5.32 Å². The van der Waals surface area contributed by atoms with Crippen molar-refractivity contribution in [3.8, 4) is 0 Å². The van der Waals surface area contributed by atoms with Gasteiger partial charge in [-0.3, -0.25) is 4.79 Å². The first-order valence-corrected chi connectivity index (χ1v) is 6.05. The highest BCUT2D eigenvalue weighted by molar-refractivity contribution is 14.1. The molecule has 0 radical (unpaired) electrons. The summed E-state index contributed by atoms with van der Waals surface area (Å²) in [6.07, 6.45) is -5.31. The summed E-state index contributed by atoms with van der Waals surface area (Å²) in [7, 11) is 0. The van der Waals surface area contributed by atoms with Crippen molar-refractivity contribution in [1.29, 1.82) is 0 Å². The van der Waals surface area contributed by atoms with Crippen molar-refractivity contribution >= 4 is 40.1 Å². The predicted octanol–water partition coefficient (Wildman–Crippen LogP) is 3.63. The summed E-state index contributed by atoms with van der Waals surface area (Å²) in [5.41, 5.74) is 0.248. The van der Waals surface area contributed by atoms with E-state index in [1.165, 1.54) is 12.1 Å². The van der Waals surface area contributed by atoms with E-state index in [1.54, 1.807) is 6.07 Å². The minimum atomic E-state index is -4.27. The quantitative estimate of drug-likeness (QED) is 0.801. The Hall–Kier alpha value is -0.500. The number of alkyl halides is 3. The average Bonchev–Trinajstić information content (AvgIpc) is 2.20. The van der Waals surface area contributed by atoms with Crippen molar-refractivity contribution in [2.24, 2.45) is 0 Å². The Balaban J connectivity index is 2.56. The predicted molar refractivity (Wildman–Crippen MR) is 67.2 cm³/mol. The van der Waals surface area contributed by atoms with E-state index >= 15 is 0 Å². The maximum absolute atomic E-state index is 11.9. The Bertz CT molecular complexity index is 423. The van der Waals surface area contributed by atoms with Crippen LogP contribution in [0.1, 0.15) is 16.8 Å². The Labute approximate surface area is 115 Å². The molecule has 0 saturated heterocycles. The lowest BCUT2D eigenvalue weighted by atomic mass is 10.2. The molecule has 0 heterocycles. The second-order valence-corrected chi connectivity index (χ2v) is 4.82. The third-order valence-corrected chi connectivity index (χ3v) is 3.45. The largest absolute Gasteiger partial charge is 0.390 e. The fourth-order valence-corrected chi connectivity index (χ4v) is 1.57. The molecule has 0 fully saturated rings. The monoisotopic (exact) mass is 377 g/mol. The molecule has 1 aromatic carbocycles. The summed E-state index contributed by atoms with van der Waals surface area (Å²) in [5, 5.41) is 2.58. The van der Waals surface area contributed by atoms with Gasteiger partial charge in [-0.15, -0.1) is 0 Å². The van der Waals surface area contributed by atoms with Crippen molar-refractivity contribution in [2.45, 2.75) is 12.6 Å². The number of nitrogens with one attached hydrogen (secondary N) is 1. The van der Waals surface area contributed by atoms with Crippen molar-refractivity contribution in [3.05, 3.63) is 32.4 Å². The maximum atomic E-state index is 11.9. The molecular weight excluding hydrogens is 369 g/mol. The molecule has 0 spiro atoms. The number of hydrogen-bond acceptors (Lipinski definition) is 1. The summed E-state index contributed by atoms with van der Waals surface area (Å²) in [4.78, 5) is 11.5. The first kappa shape index (κ1) is 14.6. The van der Waals surface area contributed by atoms with E-state index in [4.69, 9.17) is 11.6 Å². The molecule has 17 heavy (non-hydrogen) atoms. The smallest absolute Gasteiger partial charge is 0.352 e. The van der Waals surface area contributed by atoms with Crippen LogP contribution in [-0.4, -0.2) is 18.6 Å². The summed E-state index contributed by atoms with van der Waals surface area (Å²) in [6.45, 7) is -0.439. The molecule has 94 valence electrons. The Morgan fingerprint density at radius 2 is 2.06 bits per heavy atom. The fourth-order valence-electron chi connectivity index (χ4n) is 1.06. The van der Waals surface area contributed by atoms with Crippen LogP contribution in [0, 0.1) is 3.57 Å². The van der Waals surface area contributed by atoms with E-state index in [9.17, 15) is 18.0 Å². The topological polar surface area (TPSA) is 29.1 Å². The van der Waals surface area contributed by atoms with Gasteiger partial charge in [0.15, 0.2) is 0 Å². The van der Waals surface area contributed by atoms with E-state index in [0.29, 0.717) is 5.02 Å². The number of rotatable bonds is 3. The molecule has 0 saturated carbocycles. The highest BCUT2D eigenvalue weighted by atomic mass is 127. The molecule has 0 aliphatic carbocycles. The van der Waals surface area contributed by atoms with Gasteiger partial charge in [-0.05, 0) is 40.8 Å². The van der Waals surface area contributed by atoms with Crippen LogP contribution in [0.5, 0.6) is 0 Å². The number of hydrogen-bond donors (Lipinski definition) is 1. The van der Waals surface area contributed by atoms with Gasteiger partial charge in [-0.1, -0.05) is 11.6 Å². The van der Waals surface area contributed by atoms with Gasteiger partial charge in [0.2, 0.25) is 0 Å². The lowest BCUT2D eigenvalue weighted by Crippen LogP contribution is -2.27. The molecular formula is C10H8ClF3INO. The minimum absolute atomic E-state index is 0.248. The standard InChI is InChI=1S/C10H8ClF3INO/c11-7-5-6(1-2-8(7)15)9(17)16-4-3-10(12,13)14/h1-2,5H,3-4H2,(H,16,17). The zero-order valence-electron chi connectivity index (χ0n) is 8.44. The highest BCUT2D eigenvalue weighted by Crippen LogP contribution is 2.20. The van der Waals surface area contributed by atoms with Gasteiger partial charge in [-0.2, -0.15) is 13.2 Å². The van der Waals surface area contributed by atoms with Crippen molar-refractivity contribution < 1.29 is 18.0 Å². The molecule has 0 aliphatic heterocycles. The summed E-state index contributed by atoms with van der Waals surface area (Å²) >= 11 is 7.79. The number of carbonyl (C=O) groups excluding carboxylic acids is 1. The summed E-state index contributed by atoms with van der Waals surface area (Å²) in [6, 6.07) is 4.56. The molecule has 0 unspecified atom stereocenters. The van der Waals surface area contributed by atoms with Gasteiger partial charge in [0.1, 0.15) is 0 Å². The van der Waals surface area contributed by atoms with Crippen molar-refractivity contribution in [2.75, 3.05) is 6.54 Å². The Morgan fingerprint density at radius 1 is 1.41 bits per heavy atom. The molecule has 7 heteroatoms. The van der Waals surface area contributed by atoms with Gasteiger partial charge in [0, 0.05) is 15.7 Å². The molecule has 1 N–H and O–H groups in total. The van der Waals surface area contributed by atoms with Gasteiger partial charge in [-0.25, -0.2) is 0 Å². The molecule has 1 rings (SSSR count). The van der Waals surface area contributed by atoms with Crippen LogP contribution in [0.2, 0.25) is 5.02 Å². The van der Waals surface area contributed by atoms with Gasteiger partial charge in [0.25, 0.3) is 5.91 Å². The zero-order valence-corrected chi connectivity index (χ0v) is 11.4. The second-order valence-electron chi connectivity index (χ2n) is 3.25. The number of halogens is 5. The van der Waals surface area contributed by atoms with Crippen molar-refractivity contribution in [1.82, 2.24) is 5.32 Å². The third-order valence-electron chi connectivity index (χ3n) is 1.88. The van der Waals surface area contributed by atoms with Crippen molar-refractivity contribution in [3.63, 3.8) is 0 Å². The highest BCUT2D eigenvalue weighted by Gasteiger charge is 2.26. The zero-order chi connectivity index (χ0) is 13.1. The molecule has 0 bridgehead atoms.